The lowest BCUT2D eigenvalue weighted by Crippen LogP contribution is -2.45. The average Bonchev–Trinajstić information content (AvgIpc) is 3.01. The van der Waals surface area contributed by atoms with Crippen molar-refractivity contribution in [3.63, 3.8) is 0 Å². The summed E-state index contributed by atoms with van der Waals surface area (Å²) in [6.07, 6.45) is 6.83. The van der Waals surface area contributed by atoms with Crippen LogP contribution in [-0.2, 0) is 0 Å². The van der Waals surface area contributed by atoms with Gasteiger partial charge in [-0.05, 0) is 0 Å². The SMILES string of the molecule is OCC1CSCCN1c1cc(-n2ccnc2)ncn1. The van der Waals surface area contributed by atoms with Crippen molar-refractivity contribution < 1.29 is 5.11 Å². The molecule has 1 aliphatic heterocycles. The fourth-order valence-corrected chi connectivity index (χ4v) is 3.19. The van der Waals surface area contributed by atoms with Gasteiger partial charge in [0.15, 0.2) is 0 Å². The Morgan fingerprint density at radius 2 is 2.26 bits per heavy atom. The maximum absolute atomic E-state index is 9.46. The highest BCUT2D eigenvalue weighted by molar-refractivity contribution is 7.99. The molecule has 1 N–H and O–H groups in total. The monoisotopic (exact) mass is 277 g/mol. The lowest BCUT2D eigenvalue weighted by atomic mass is 10.3. The van der Waals surface area contributed by atoms with Gasteiger partial charge in [-0.2, -0.15) is 11.8 Å². The van der Waals surface area contributed by atoms with Crippen molar-refractivity contribution in [1.29, 1.82) is 0 Å². The van der Waals surface area contributed by atoms with E-state index in [9.17, 15) is 5.11 Å². The number of aliphatic hydroxyl groups is 1. The molecule has 3 heterocycles. The first kappa shape index (κ1) is 12.4. The summed E-state index contributed by atoms with van der Waals surface area (Å²) in [4.78, 5) is 14.7. The Balaban J connectivity index is 1.90. The van der Waals surface area contributed by atoms with Crippen molar-refractivity contribution in [2.45, 2.75) is 6.04 Å². The molecule has 0 aromatic carbocycles. The number of hydrogen-bond acceptors (Lipinski definition) is 6. The Hall–Kier alpha value is -1.60. The minimum atomic E-state index is 0.129. The number of rotatable bonds is 3. The van der Waals surface area contributed by atoms with Crippen LogP contribution in [0.4, 0.5) is 5.82 Å². The Kier molecular flexibility index (Phi) is 3.65. The predicted molar refractivity (Wildman–Crippen MR) is 74.7 cm³/mol. The van der Waals surface area contributed by atoms with Gasteiger partial charge in [0.25, 0.3) is 0 Å². The maximum Gasteiger partial charge on any atom is 0.143 e. The minimum absolute atomic E-state index is 0.129. The van der Waals surface area contributed by atoms with Crippen molar-refractivity contribution in [1.82, 2.24) is 19.5 Å². The van der Waals surface area contributed by atoms with Gasteiger partial charge in [0.1, 0.15) is 24.3 Å². The molecule has 100 valence electrons. The summed E-state index contributed by atoms with van der Waals surface area (Å²) in [6.45, 7) is 1.05. The molecule has 0 bridgehead atoms. The molecule has 1 saturated heterocycles. The van der Waals surface area contributed by atoms with Crippen LogP contribution in [0.3, 0.4) is 0 Å². The molecule has 3 rings (SSSR count). The molecule has 0 amide bonds. The van der Waals surface area contributed by atoms with Gasteiger partial charge >= 0.3 is 0 Å². The van der Waals surface area contributed by atoms with Gasteiger partial charge in [0, 0.05) is 36.5 Å². The van der Waals surface area contributed by atoms with Gasteiger partial charge in [-0.15, -0.1) is 0 Å². The molecule has 0 saturated carbocycles. The van der Waals surface area contributed by atoms with E-state index in [-0.39, 0.29) is 12.6 Å². The first-order valence-electron chi connectivity index (χ1n) is 6.14. The highest BCUT2D eigenvalue weighted by atomic mass is 32.2. The average molecular weight is 277 g/mol. The topological polar surface area (TPSA) is 67.1 Å². The summed E-state index contributed by atoms with van der Waals surface area (Å²) in [5.74, 6) is 3.64. The quantitative estimate of drug-likeness (QED) is 0.885. The minimum Gasteiger partial charge on any atom is -0.394 e. The van der Waals surface area contributed by atoms with Crippen LogP contribution >= 0.6 is 11.8 Å². The van der Waals surface area contributed by atoms with Crippen LogP contribution in [0.1, 0.15) is 0 Å². The van der Waals surface area contributed by atoms with Gasteiger partial charge in [0.2, 0.25) is 0 Å². The van der Waals surface area contributed by atoms with E-state index in [1.165, 1.54) is 0 Å². The van der Waals surface area contributed by atoms with Crippen LogP contribution in [0.5, 0.6) is 0 Å². The zero-order valence-electron chi connectivity index (χ0n) is 10.4. The van der Waals surface area contributed by atoms with Gasteiger partial charge in [-0.25, -0.2) is 15.0 Å². The third-order valence-electron chi connectivity index (χ3n) is 3.14. The highest BCUT2D eigenvalue weighted by Crippen LogP contribution is 2.22. The number of aromatic nitrogens is 4. The number of imidazole rings is 1. The van der Waals surface area contributed by atoms with E-state index in [2.05, 4.69) is 19.9 Å². The van der Waals surface area contributed by atoms with E-state index < -0.39 is 0 Å². The second-order valence-electron chi connectivity index (χ2n) is 4.31. The number of nitrogens with zero attached hydrogens (tertiary/aromatic N) is 5. The van der Waals surface area contributed by atoms with Crippen molar-refractivity contribution >= 4 is 17.6 Å². The molecule has 2 aromatic rings. The van der Waals surface area contributed by atoms with Crippen LogP contribution in [0.2, 0.25) is 0 Å². The fraction of sp³-hybridized carbons (Fsp3) is 0.417. The molecule has 6 nitrogen and oxygen atoms in total. The molecule has 0 aliphatic carbocycles. The van der Waals surface area contributed by atoms with Crippen molar-refractivity contribution in [2.75, 3.05) is 29.6 Å². The molecule has 2 aromatic heterocycles. The first-order valence-corrected chi connectivity index (χ1v) is 7.29. The number of thioether (sulfide) groups is 1. The zero-order valence-corrected chi connectivity index (χ0v) is 11.2. The van der Waals surface area contributed by atoms with Crippen LogP contribution < -0.4 is 4.90 Å². The van der Waals surface area contributed by atoms with Gasteiger partial charge in [0.05, 0.1) is 12.6 Å². The summed E-state index contributed by atoms with van der Waals surface area (Å²) < 4.78 is 1.85. The van der Waals surface area contributed by atoms with Crippen molar-refractivity contribution in [3.8, 4) is 5.82 Å². The molecule has 7 heteroatoms. The lowest BCUT2D eigenvalue weighted by Gasteiger charge is -2.35. The van der Waals surface area contributed by atoms with Gasteiger partial charge < -0.3 is 10.0 Å². The molecule has 1 unspecified atom stereocenters. The normalized spacial score (nSPS) is 19.6. The summed E-state index contributed by atoms with van der Waals surface area (Å²) in [5, 5.41) is 9.46. The third-order valence-corrected chi connectivity index (χ3v) is 4.23. The number of hydrogen-bond donors (Lipinski definition) is 1. The zero-order chi connectivity index (χ0) is 13.1. The third kappa shape index (κ3) is 2.57. The molecule has 1 fully saturated rings. The van der Waals surface area contributed by atoms with Crippen LogP contribution in [0.15, 0.2) is 31.1 Å². The summed E-state index contributed by atoms with van der Waals surface area (Å²) >= 11 is 1.87. The standard InChI is InChI=1S/C12H15N5OS/c18-6-10-7-19-4-3-17(10)12-5-11(14-8-15-12)16-2-1-13-9-16/h1-2,5,8-10,18H,3-4,6-7H2. The smallest absolute Gasteiger partial charge is 0.143 e. The Morgan fingerprint density at radius 1 is 1.37 bits per heavy atom. The van der Waals surface area contributed by atoms with Crippen LogP contribution in [-0.4, -0.2) is 55.3 Å². The molecule has 19 heavy (non-hydrogen) atoms. The van der Waals surface area contributed by atoms with Crippen LogP contribution in [0.25, 0.3) is 5.82 Å². The predicted octanol–water partition coefficient (Wildman–Crippen LogP) is 0.576. The summed E-state index contributed by atoms with van der Waals surface area (Å²) in [5.41, 5.74) is 0. The molecular formula is C12H15N5OS. The Bertz CT molecular complexity index is 533. The largest absolute Gasteiger partial charge is 0.394 e. The fourth-order valence-electron chi connectivity index (χ4n) is 2.14. The van der Waals surface area contributed by atoms with E-state index >= 15 is 0 Å². The molecule has 1 aliphatic rings. The first-order chi connectivity index (χ1) is 9.38. The highest BCUT2D eigenvalue weighted by Gasteiger charge is 2.23. The maximum atomic E-state index is 9.46. The van der Waals surface area contributed by atoms with E-state index in [4.69, 9.17) is 0 Å². The summed E-state index contributed by atoms with van der Waals surface area (Å²) in [7, 11) is 0. The Morgan fingerprint density at radius 3 is 3.05 bits per heavy atom. The van der Waals surface area contributed by atoms with Gasteiger partial charge in [-0.1, -0.05) is 0 Å². The molecule has 0 spiro atoms. The van der Waals surface area contributed by atoms with E-state index in [1.807, 2.05) is 28.6 Å². The molecule has 0 radical (unpaired) electrons. The second-order valence-corrected chi connectivity index (χ2v) is 5.46. The van der Waals surface area contributed by atoms with Crippen molar-refractivity contribution in [2.24, 2.45) is 0 Å². The molecule has 1 atom stereocenters. The van der Waals surface area contributed by atoms with E-state index in [1.54, 1.807) is 18.9 Å². The second kappa shape index (κ2) is 5.58. The van der Waals surface area contributed by atoms with Crippen molar-refractivity contribution in [3.05, 3.63) is 31.1 Å². The van der Waals surface area contributed by atoms with E-state index in [0.717, 1.165) is 29.7 Å². The van der Waals surface area contributed by atoms with Crippen LogP contribution in [0, 0.1) is 0 Å². The Labute approximate surface area is 115 Å². The number of anilines is 1. The lowest BCUT2D eigenvalue weighted by molar-refractivity contribution is 0.268. The van der Waals surface area contributed by atoms with Gasteiger partial charge in [-0.3, -0.25) is 4.57 Å². The van der Waals surface area contributed by atoms with E-state index in [0.29, 0.717) is 0 Å². The summed E-state index contributed by atoms with van der Waals surface area (Å²) in [6, 6.07) is 2.06. The molecular weight excluding hydrogens is 262 g/mol. The number of aliphatic hydroxyl groups excluding tert-OH is 1.